The maximum absolute atomic E-state index is 13.2. The number of likely N-dealkylation sites (tertiary alicyclic amines) is 1. The lowest BCUT2D eigenvalue weighted by Crippen LogP contribution is -2.52. The van der Waals surface area contributed by atoms with Crippen LogP contribution in [0.3, 0.4) is 0 Å². The largest absolute Gasteiger partial charge is 0.353 e. The van der Waals surface area contributed by atoms with E-state index in [-0.39, 0.29) is 22.6 Å². The summed E-state index contributed by atoms with van der Waals surface area (Å²) < 4.78 is 26.4. The monoisotopic (exact) mass is 539 g/mol. The SMILES string of the molecule is O=C(Nc1ccc(S(=O)(=O)C2CCN(C(=O)c3ccc(Cl)cc3)CC2)cc1)C1CN(c2cccnn2)C1. The first-order valence-electron chi connectivity index (χ1n) is 12.0. The van der Waals surface area contributed by atoms with Gasteiger partial charge in [0.05, 0.1) is 16.1 Å². The molecule has 0 spiro atoms. The Morgan fingerprint density at radius 2 is 1.62 bits per heavy atom. The van der Waals surface area contributed by atoms with E-state index in [1.165, 1.54) is 12.1 Å². The van der Waals surface area contributed by atoms with E-state index in [0.717, 1.165) is 5.82 Å². The molecule has 37 heavy (non-hydrogen) atoms. The Kier molecular flexibility index (Phi) is 7.12. The van der Waals surface area contributed by atoms with E-state index < -0.39 is 15.1 Å². The van der Waals surface area contributed by atoms with Crippen molar-refractivity contribution in [2.75, 3.05) is 36.4 Å². The number of carbonyl (C=O) groups is 2. The van der Waals surface area contributed by atoms with Gasteiger partial charge in [0.1, 0.15) is 0 Å². The van der Waals surface area contributed by atoms with E-state index in [1.807, 2.05) is 11.0 Å². The number of rotatable bonds is 6. The number of benzene rings is 2. The van der Waals surface area contributed by atoms with Crippen LogP contribution in [0.5, 0.6) is 0 Å². The molecule has 2 fully saturated rings. The highest BCUT2D eigenvalue weighted by atomic mass is 35.5. The van der Waals surface area contributed by atoms with Gasteiger partial charge in [0.2, 0.25) is 5.91 Å². The summed E-state index contributed by atoms with van der Waals surface area (Å²) in [6, 6.07) is 16.6. The Morgan fingerprint density at radius 1 is 0.946 bits per heavy atom. The van der Waals surface area contributed by atoms with Crippen LogP contribution in [-0.2, 0) is 14.6 Å². The van der Waals surface area contributed by atoms with Crippen molar-refractivity contribution in [3.05, 3.63) is 77.4 Å². The fraction of sp³-hybridized carbons (Fsp3) is 0.308. The second-order valence-corrected chi connectivity index (χ2v) is 11.9. The summed E-state index contributed by atoms with van der Waals surface area (Å²) in [5.74, 6) is 0.319. The number of halogens is 1. The van der Waals surface area contributed by atoms with E-state index in [0.29, 0.717) is 55.3 Å². The molecule has 2 amide bonds. The van der Waals surface area contributed by atoms with Crippen molar-refractivity contribution in [2.45, 2.75) is 23.0 Å². The minimum Gasteiger partial charge on any atom is -0.353 e. The van der Waals surface area contributed by atoms with Gasteiger partial charge in [-0.15, -0.1) is 5.10 Å². The van der Waals surface area contributed by atoms with Gasteiger partial charge in [-0.2, -0.15) is 5.10 Å². The normalized spacial score (nSPS) is 16.8. The third-order valence-corrected chi connectivity index (χ3v) is 9.37. The van der Waals surface area contributed by atoms with Crippen LogP contribution in [0, 0.1) is 5.92 Å². The Bertz CT molecular complexity index is 1370. The van der Waals surface area contributed by atoms with Gasteiger partial charge in [0.25, 0.3) is 5.91 Å². The average Bonchev–Trinajstić information content (AvgIpc) is 2.89. The summed E-state index contributed by atoms with van der Waals surface area (Å²) >= 11 is 5.90. The summed E-state index contributed by atoms with van der Waals surface area (Å²) in [4.78, 5) is 29.2. The number of nitrogens with zero attached hydrogens (tertiary/aromatic N) is 4. The predicted molar refractivity (Wildman–Crippen MR) is 140 cm³/mol. The molecule has 0 saturated carbocycles. The molecule has 0 unspecified atom stereocenters. The molecule has 0 aliphatic carbocycles. The molecule has 11 heteroatoms. The summed E-state index contributed by atoms with van der Waals surface area (Å²) in [7, 11) is -3.56. The zero-order chi connectivity index (χ0) is 26.0. The quantitative estimate of drug-likeness (QED) is 0.511. The second-order valence-electron chi connectivity index (χ2n) is 9.24. The fourth-order valence-electron chi connectivity index (χ4n) is 4.60. The summed E-state index contributed by atoms with van der Waals surface area (Å²) in [5, 5.41) is 10.7. The van der Waals surface area contributed by atoms with Gasteiger partial charge in [0, 0.05) is 48.6 Å². The van der Waals surface area contributed by atoms with Gasteiger partial charge in [-0.05, 0) is 73.5 Å². The predicted octanol–water partition coefficient (Wildman–Crippen LogP) is 3.28. The number of nitrogens with one attached hydrogen (secondary N) is 1. The molecule has 2 aliphatic heterocycles. The van der Waals surface area contributed by atoms with Crippen LogP contribution in [0.15, 0.2) is 71.8 Å². The Labute approximate surface area is 220 Å². The number of amides is 2. The molecule has 192 valence electrons. The molecule has 2 saturated heterocycles. The van der Waals surface area contributed by atoms with Gasteiger partial charge in [-0.1, -0.05) is 11.6 Å². The topological polar surface area (TPSA) is 113 Å². The molecule has 3 heterocycles. The highest BCUT2D eigenvalue weighted by molar-refractivity contribution is 7.92. The number of sulfone groups is 1. The first kappa shape index (κ1) is 25.2. The van der Waals surface area contributed by atoms with Crippen LogP contribution in [0.2, 0.25) is 5.02 Å². The zero-order valence-corrected chi connectivity index (χ0v) is 21.5. The smallest absolute Gasteiger partial charge is 0.253 e. The molecule has 2 aromatic carbocycles. The highest BCUT2D eigenvalue weighted by Gasteiger charge is 2.35. The number of aromatic nitrogens is 2. The molecule has 1 N–H and O–H groups in total. The highest BCUT2D eigenvalue weighted by Crippen LogP contribution is 2.27. The van der Waals surface area contributed by atoms with E-state index in [4.69, 9.17) is 11.6 Å². The van der Waals surface area contributed by atoms with Crippen LogP contribution in [0.25, 0.3) is 0 Å². The van der Waals surface area contributed by atoms with Gasteiger partial charge < -0.3 is 15.1 Å². The van der Waals surface area contributed by atoms with E-state index in [9.17, 15) is 18.0 Å². The van der Waals surface area contributed by atoms with Crippen molar-refractivity contribution < 1.29 is 18.0 Å². The Balaban J connectivity index is 1.14. The van der Waals surface area contributed by atoms with Crippen molar-refractivity contribution in [3.63, 3.8) is 0 Å². The fourth-order valence-corrected chi connectivity index (χ4v) is 6.46. The molecular weight excluding hydrogens is 514 g/mol. The molecule has 9 nitrogen and oxygen atoms in total. The lowest BCUT2D eigenvalue weighted by Gasteiger charge is -2.38. The van der Waals surface area contributed by atoms with E-state index >= 15 is 0 Å². The van der Waals surface area contributed by atoms with Crippen LogP contribution in [0.4, 0.5) is 11.5 Å². The lowest BCUT2D eigenvalue weighted by atomic mass is 9.99. The lowest BCUT2D eigenvalue weighted by molar-refractivity contribution is -0.120. The Morgan fingerprint density at radius 3 is 2.24 bits per heavy atom. The number of piperidine rings is 1. The molecule has 0 radical (unpaired) electrons. The van der Waals surface area contributed by atoms with Crippen molar-refractivity contribution in [1.29, 1.82) is 0 Å². The minimum absolute atomic E-state index is 0.117. The van der Waals surface area contributed by atoms with Gasteiger partial charge in [0.15, 0.2) is 15.7 Å². The van der Waals surface area contributed by atoms with Crippen molar-refractivity contribution in [3.8, 4) is 0 Å². The first-order valence-corrected chi connectivity index (χ1v) is 14.0. The molecule has 3 aromatic rings. The average molecular weight is 540 g/mol. The second kappa shape index (κ2) is 10.5. The zero-order valence-electron chi connectivity index (χ0n) is 20.0. The molecule has 0 atom stereocenters. The number of anilines is 2. The summed E-state index contributed by atoms with van der Waals surface area (Å²) in [5.41, 5.74) is 1.08. The maximum atomic E-state index is 13.2. The third-order valence-electron chi connectivity index (χ3n) is 6.84. The first-order chi connectivity index (χ1) is 17.8. The van der Waals surface area contributed by atoms with Crippen LogP contribution >= 0.6 is 11.6 Å². The van der Waals surface area contributed by atoms with Crippen molar-refractivity contribution in [2.24, 2.45) is 5.92 Å². The summed E-state index contributed by atoms with van der Waals surface area (Å²) in [6.07, 6.45) is 2.33. The van der Waals surface area contributed by atoms with Crippen LogP contribution in [0.1, 0.15) is 23.2 Å². The molecule has 1 aromatic heterocycles. The van der Waals surface area contributed by atoms with Gasteiger partial charge >= 0.3 is 0 Å². The van der Waals surface area contributed by atoms with E-state index in [2.05, 4.69) is 15.5 Å². The number of carbonyl (C=O) groups excluding carboxylic acids is 2. The molecule has 0 bridgehead atoms. The minimum atomic E-state index is -3.56. The van der Waals surface area contributed by atoms with Gasteiger partial charge in [-0.3, -0.25) is 9.59 Å². The van der Waals surface area contributed by atoms with Crippen molar-refractivity contribution >= 4 is 44.8 Å². The number of hydrogen-bond acceptors (Lipinski definition) is 7. The maximum Gasteiger partial charge on any atom is 0.253 e. The van der Waals surface area contributed by atoms with Crippen molar-refractivity contribution in [1.82, 2.24) is 15.1 Å². The number of hydrogen-bond donors (Lipinski definition) is 1. The van der Waals surface area contributed by atoms with E-state index in [1.54, 1.807) is 53.6 Å². The molecule has 2 aliphatic rings. The summed E-state index contributed by atoms with van der Waals surface area (Å²) in [6.45, 7) is 1.84. The molecule has 5 rings (SSSR count). The van der Waals surface area contributed by atoms with Crippen LogP contribution < -0.4 is 10.2 Å². The van der Waals surface area contributed by atoms with Gasteiger partial charge in [-0.25, -0.2) is 8.42 Å². The Hall–Kier alpha value is -3.50. The third kappa shape index (κ3) is 5.45. The molecular formula is C26H26ClN5O4S. The van der Waals surface area contributed by atoms with Crippen LogP contribution in [-0.4, -0.2) is 66.8 Å². The standard InChI is InChI=1S/C26H26ClN5O4S/c27-20-5-3-18(4-6-20)26(34)31-14-11-23(12-15-31)37(35,36)22-9-7-21(8-10-22)29-25(33)19-16-32(17-19)24-2-1-13-28-30-24/h1-10,13,19,23H,11-12,14-17H2,(H,29,33).